The molecule has 0 atom stereocenters. The van der Waals surface area contributed by atoms with Gasteiger partial charge < -0.3 is 24.5 Å². The van der Waals surface area contributed by atoms with E-state index in [4.69, 9.17) is 26.2 Å². The Labute approximate surface area is 278 Å². The van der Waals surface area contributed by atoms with Crippen molar-refractivity contribution >= 4 is 23.4 Å². The molecular weight excluding hydrogens is 618 g/mol. The molecule has 2 amide bonds. The number of halogens is 1. The van der Waals surface area contributed by atoms with E-state index in [1.807, 2.05) is 82.3 Å². The Balaban J connectivity index is 1.28. The van der Waals surface area contributed by atoms with Crippen molar-refractivity contribution in [3.05, 3.63) is 128 Å². The van der Waals surface area contributed by atoms with E-state index in [2.05, 4.69) is 10.6 Å². The number of methoxy groups -OCH3 is 1. The van der Waals surface area contributed by atoms with Crippen LogP contribution in [0.15, 0.2) is 89.7 Å². The molecule has 0 unspecified atom stereocenters. The molecule has 3 aromatic carbocycles. The standard InChI is InChI=1S/C36H38ClN5O5/c1-23-17-30(33(37)34(44)41(23)21-25-12-8-9-16-29(25)46-5)47-22-26-13-7-6-11-24(26)20-38-35(45)39-32-19-31(36(2,3)4)40-42(32)27-14-10-15-28(43)18-27/h6-19,43H,20-22H2,1-5H3,(H2,38,39,45). The van der Waals surface area contributed by atoms with Gasteiger partial charge in [0.15, 0.2) is 0 Å². The zero-order valence-electron chi connectivity index (χ0n) is 27.0. The lowest BCUT2D eigenvalue weighted by Gasteiger charge is -2.17. The van der Waals surface area contributed by atoms with E-state index >= 15 is 0 Å². The number of benzene rings is 3. The summed E-state index contributed by atoms with van der Waals surface area (Å²) in [5, 5.41) is 20.5. The number of rotatable bonds is 10. The number of nitrogens with one attached hydrogen (secondary N) is 2. The minimum Gasteiger partial charge on any atom is -0.508 e. The molecule has 10 nitrogen and oxygen atoms in total. The topological polar surface area (TPSA) is 120 Å². The molecule has 0 fully saturated rings. The third-order valence-electron chi connectivity index (χ3n) is 7.67. The van der Waals surface area contributed by atoms with Gasteiger partial charge in [0.1, 0.15) is 34.7 Å². The van der Waals surface area contributed by atoms with Gasteiger partial charge in [-0.15, -0.1) is 0 Å². The predicted octanol–water partition coefficient (Wildman–Crippen LogP) is 6.96. The molecular formula is C36H38ClN5O5. The molecule has 0 saturated heterocycles. The molecule has 0 aliphatic heterocycles. The maximum Gasteiger partial charge on any atom is 0.320 e. The van der Waals surface area contributed by atoms with Crippen LogP contribution in [0.25, 0.3) is 5.69 Å². The van der Waals surface area contributed by atoms with Gasteiger partial charge in [-0.1, -0.05) is 80.9 Å². The van der Waals surface area contributed by atoms with Crippen LogP contribution in [0.1, 0.15) is 48.8 Å². The van der Waals surface area contributed by atoms with E-state index < -0.39 is 6.03 Å². The minimum absolute atomic E-state index is 0.0153. The number of aromatic hydroxyl groups is 1. The Bertz CT molecular complexity index is 1960. The minimum atomic E-state index is -0.431. The summed E-state index contributed by atoms with van der Waals surface area (Å²) in [6, 6.07) is 24.9. The molecule has 3 N–H and O–H groups in total. The first kappa shape index (κ1) is 33.2. The zero-order chi connectivity index (χ0) is 33.7. The van der Waals surface area contributed by atoms with Gasteiger partial charge in [-0.2, -0.15) is 5.10 Å². The SMILES string of the molecule is COc1ccccc1Cn1c(C)cc(OCc2ccccc2CNC(=O)Nc2cc(C(C)(C)C)nn2-c2cccc(O)c2)c(Cl)c1=O. The first-order valence-corrected chi connectivity index (χ1v) is 15.5. The molecule has 0 bridgehead atoms. The number of carbonyl (C=O) groups excluding carboxylic acids is 1. The Morgan fingerprint density at radius 2 is 1.64 bits per heavy atom. The van der Waals surface area contributed by atoms with Crippen LogP contribution in [-0.4, -0.2) is 32.6 Å². The zero-order valence-corrected chi connectivity index (χ0v) is 27.8. The fraction of sp³-hybridized carbons (Fsp3) is 0.250. The number of hydrogen-bond acceptors (Lipinski definition) is 6. The van der Waals surface area contributed by atoms with Crippen molar-refractivity contribution < 1.29 is 19.4 Å². The van der Waals surface area contributed by atoms with Crippen LogP contribution >= 0.6 is 11.6 Å². The van der Waals surface area contributed by atoms with Crippen LogP contribution in [0.5, 0.6) is 17.2 Å². The number of ether oxygens (including phenoxy) is 2. The molecule has 11 heteroatoms. The number of phenolic OH excluding ortho intramolecular Hbond substituents is 1. The molecule has 47 heavy (non-hydrogen) atoms. The van der Waals surface area contributed by atoms with Crippen LogP contribution in [0.3, 0.4) is 0 Å². The van der Waals surface area contributed by atoms with Crippen molar-refractivity contribution in [1.82, 2.24) is 19.7 Å². The average Bonchev–Trinajstić information content (AvgIpc) is 3.48. The normalized spacial score (nSPS) is 11.3. The number of para-hydroxylation sites is 1. The van der Waals surface area contributed by atoms with Crippen molar-refractivity contribution in [3.8, 4) is 22.9 Å². The fourth-order valence-electron chi connectivity index (χ4n) is 5.04. The number of urea groups is 1. The highest BCUT2D eigenvalue weighted by Crippen LogP contribution is 2.28. The Hall–Kier alpha value is -5.22. The molecule has 5 rings (SSSR count). The lowest BCUT2D eigenvalue weighted by Crippen LogP contribution is -2.29. The second kappa shape index (κ2) is 14.0. The quantitative estimate of drug-likeness (QED) is 0.150. The first-order chi connectivity index (χ1) is 22.4. The second-order valence-corrected chi connectivity index (χ2v) is 12.5. The van der Waals surface area contributed by atoms with E-state index in [9.17, 15) is 14.7 Å². The van der Waals surface area contributed by atoms with E-state index in [-0.39, 0.29) is 40.6 Å². The summed E-state index contributed by atoms with van der Waals surface area (Å²) in [4.78, 5) is 26.3. The lowest BCUT2D eigenvalue weighted by molar-refractivity contribution is 0.251. The number of hydrogen-bond donors (Lipinski definition) is 3. The van der Waals surface area contributed by atoms with Crippen LogP contribution in [0.4, 0.5) is 10.6 Å². The summed E-state index contributed by atoms with van der Waals surface area (Å²) in [5.41, 5.74) is 3.95. The number of carbonyl (C=O) groups is 1. The highest BCUT2D eigenvalue weighted by Gasteiger charge is 2.22. The highest BCUT2D eigenvalue weighted by molar-refractivity contribution is 6.31. The largest absolute Gasteiger partial charge is 0.508 e. The van der Waals surface area contributed by atoms with Crippen LogP contribution in [0, 0.1) is 6.92 Å². The average molecular weight is 656 g/mol. The van der Waals surface area contributed by atoms with Gasteiger partial charge in [0, 0.05) is 41.4 Å². The molecule has 0 aliphatic carbocycles. The van der Waals surface area contributed by atoms with E-state index in [1.54, 1.807) is 46.7 Å². The fourth-order valence-corrected chi connectivity index (χ4v) is 5.25. The number of nitrogens with zero attached hydrogens (tertiary/aromatic N) is 3. The van der Waals surface area contributed by atoms with Gasteiger partial charge in [-0.25, -0.2) is 9.48 Å². The number of amides is 2. The van der Waals surface area contributed by atoms with Crippen LogP contribution in [-0.2, 0) is 25.1 Å². The lowest BCUT2D eigenvalue weighted by atomic mass is 9.92. The second-order valence-electron chi connectivity index (χ2n) is 12.1. The smallest absolute Gasteiger partial charge is 0.320 e. The summed E-state index contributed by atoms with van der Waals surface area (Å²) >= 11 is 6.52. The van der Waals surface area contributed by atoms with Crippen molar-refractivity contribution in [2.24, 2.45) is 0 Å². The summed E-state index contributed by atoms with van der Waals surface area (Å²) in [6.07, 6.45) is 0. The molecule has 0 saturated carbocycles. The Morgan fingerprint density at radius 1 is 0.936 bits per heavy atom. The molecule has 2 aromatic heterocycles. The predicted molar refractivity (Wildman–Crippen MR) is 183 cm³/mol. The number of anilines is 1. The number of pyridine rings is 1. The molecule has 5 aromatic rings. The van der Waals surface area contributed by atoms with Crippen LogP contribution < -0.4 is 25.7 Å². The number of aromatic nitrogens is 3. The maximum atomic E-state index is 13.2. The monoisotopic (exact) mass is 655 g/mol. The van der Waals surface area contributed by atoms with Gasteiger partial charge in [0.2, 0.25) is 0 Å². The molecule has 2 heterocycles. The van der Waals surface area contributed by atoms with Crippen LogP contribution in [0.2, 0.25) is 5.02 Å². The summed E-state index contributed by atoms with van der Waals surface area (Å²) in [6.45, 7) is 8.58. The maximum absolute atomic E-state index is 13.2. The van der Waals surface area contributed by atoms with Gasteiger partial charge >= 0.3 is 6.03 Å². The molecule has 0 radical (unpaired) electrons. The van der Waals surface area contributed by atoms with E-state index in [0.29, 0.717) is 29.5 Å². The van der Waals surface area contributed by atoms with Crippen molar-refractivity contribution in [2.75, 3.05) is 12.4 Å². The van der Waals surface area contributed by atoms with E-state index in [1.165, 1.54) is 0 Å². The molecule has 244 valence electrons. The molecule has 0 aliphatic rings. The van der Waals surface area contributed by atoms with Gasteiger partial charge in [-0.3, -0.25) is 10.1 Å². The number of phenols is 1. The highest BCUT2D eigenvalue weighted by atomic mass is 35.5. The summed E-state index contributed by atoms with van der Waals surface area (Å²) < 4.78 is 14.7. The third-order valence-corrected chi connectivity index (χ3v) is 8.02. The molecule has 0 spiro atoms. The van der Waals surface area contributed by atoms with Gasteiger partial charge in [0.05, 0.1) is 25.0 Å². The van der Waals surface area contributed by atoms with Crippen molar-refractivity contribution in [2.45, 2.75) is 52.8 Å². The van der Waals surface area contributed by atoms with E-state index in [0.717, 1.165) is 22.4 Å². The first-order valence-electron chi connectivity index (χ1n) is 15.1. The Morgan fingerprint density at radius 3 is 2.34 bits per heavy atom. The third kappa shape index (κ3) is 7.78. The number of aryl methyl sites for hydroxylation is 1. The Kier molecular flexibility index (Phi) is 9.91. The summed E-state index contributed by atoms with van der Waals surface area (Å²) in [5.74, 6) is 1.52. The van der Waals surface area contributed by atoms with Gasteiger partial charge in [-0.05, 0) is 36.2 Å². The van der Waals surface area contributed by atoms with Gasteiger partial charge in [0.25, 0.3) is 5.56 Å². The van der Waals surface area contributed by atoms with Crippen molar-refractivity contribution in [1.29, 1.82) is 0 Å². The summed E-state index contributed by atoms with van der Waals surface area (Å²) in [7, 11) is 1.59. The van der Waals surface area contributed by atoms with Crippen molar-refractivity contribution in [3.63, 3.8) is 0 Å².